The van der Waals surface area contributed by atoms with E-state index in [1.54, 1.807) is 0 Å². The zero-order valence-electron chi connectivity index (χ0n) is 13.7. The van der Waals surface area contributed by atoms with Gasteiger partial charge in [-0.2, -0.15) is 0 Å². The van der Waals surface area contributed by atoms with Crippen molar-refractivity contribution in [3.63, 3.8) is 0 Å². The molecule has 0 aromatic rings. The van der Waals surface area contributed by atoms with Crippen LogP contribution in [0.3, 0.4) is 0 Å². The summed E-state index contributed by atoms with van der Waals surface area (Å²) in [5, 5.41) is 0. The van der Waals surface area contributed by atoms with Crippen LogP contribution in [0.2, 0.25) is 0 Å². The van der Waals surface area contributed by atoms with E-state index >= 15 is 0 Å². The van der Waals surface area contributed by atoms with Gasteiger partial charge in [-0.1, -0.05) is 23.3 Å². The molecule has 21 heavy (non-hydrogen) atoms. The Morgan fingerprint density at radius 2 is 2.19 bits per heavy atom. The van der Waals surface area contributed by atoms with Gasteiger partial charge in [0.15, 0.2) is 0 Å². The van der Waals surface area contributed by atoms with Crippen LogP contribution < -0.4 is 0 Å². The minimum atomic E-state index is -0.0447. The van der Waals surface area contributed by atoms with E-state index in [1.165, 1.54) is 16.7 Å². The quantitative estimate of drug-likeness (QED) is 0.408. The van der Waals surface area contributed by atoms with E-state index < -0.39 is 0 Å². The third-order valence-corrected chi connectivity index (χ3v) is 4.52. The summed E-state index contributed by atoms with van der Waals surface area (Å²) in [4.78, 5) is 12.1. The van der Waals surface area contributed by atoms with Gasteiger partial charge in [0.05, 0.1) is 0 Å². The van der Waals surface area contributed by atoms with Crippen LogP contribution in [0.1, 0.15) is 65.7 Å². The molecule has 2 rings (SSSR count). The van der Waals surface area contributed by atoms with Crippen molar-refractivity contribution in [2.45, 2.75) is 65.7 Å². The lowest BCUT2D eigenvalue weighted by Gasteiger charge is -2.17. The molecule has 0 N–H and O–H groups in total. The van der Waals surface area contributed by atoms with E-state index in [0.29, 0.717) is 12.5 Å². The predicted octanol–water partition coefficient (Wildman–Crippen LogP) is 5.11. The van der Waals surface area contributed by atoms with E-state index in [-0.39, 0.29) is 5.97 Å². The first-order chi connectivity index (χ1) is 10.1. The molecule has 0 saturated carbocycles. The van der Waals surface area contributed by atoms with E-state index in [9.17, 15) is 4.79 Å². The minimum Gasteiger partial charge on any atom is -0.458 e. The average molecular weight is 288 g/mol. The largest absolute Gasteiger partial charge is 0.458 e. The highest BCUT2D eigenvalue weighted by Gasteiger charge is 2.30. The molecule has 1 atom stereocenters. The molecular weight excluding hydrogens is 260 g/mol. The number of rotatable bonds is 4. The zero-order valence-corrected chi connectivity index (χ0v) is 13.7. The van der Waals surface area contributed by atoms with Gasteiger partial charge in [-0.15, -0.1) is 0 Å². The molecule has 0 bridgehead atoms. The van der Waals surface area contributed by atoms with E-state index in [1.807, 2.05) is 0 Å². The van der Waals surface area contributed by atoms with Gasteiger partial charge in [0.1, 0.15) is 6.61 Å². The fourth-order valence-corrected chi connectivity index (χ4v) is 3.30. The molecule has 116 valence electrons. The molecule has 1 aliphatic carbocycles. The van der Waals surface area contributed by atoms with Gasteiger partial charge in [0.25, 0.3) is 0 Å². The maximum atomic E-state index is 12.1. The van der Waals surface area contributed by atoms with Gasteiger partial charge in [-0.25, -0.2) is 4.79 Å². The van der Waals surface area contributed by atoms with Gasteiger partial charge in [-0.05, 0) is 77.2 Å². The fraction of sp³-hybridized carbons (Fsp3) is 0.632. The molecule has 0 aromatic heterocycles. The maximum absolute atomic E-state index is 12.1. The highest BCUT2D eigenvalue weighted by atomic mass is 16.5. The maximum Gasteiger partial charge on any atom is 0.334 e. The lowest BCUT2D eigenvalue weighted by molar-refractivity contribution is -0.136. The number of carbonyl (C=O) groups excluding carboxylic acids is 1. The number of ether oxygens (including phenoxy) is 1. The molecule has 0 unspecified atom stereocenters. The fourth-order valence-electron chi connectivity index (χ4n) is 3.30. The molecule has 2 aliphatic rings. The number of esters is 1. The van der Waals surface area contributed by atoms with Crippen LogP contribution in [0.4, 0.5) is 0 Å². The molecule has 2 nitrogen and oxygen atoms in total. The summed E-state index contributed by atoms with van der Waals surface area (Å²) >= 11 is 0. The first-order valence-electron chi connectivity index (χ1n) is 8.26. The smallest absolute Gasteiger partial charge is 0.334 e. The Bertz CT molecular complexity index is 476. The summed E-state index contributed by atoms with van der Waals surface area (Å²) in [6.07, 6.45) is 12.2. The van der Waals surface area contributed by atoms with E-state index in [4.69, 9.17) is 4.74 Å². The number of unbranched alkanes of at least 4 members (excludes halogenated alkanes) is 1. The highest BCUT2D eigenvalue weighted by molar-refractivity contribution is 5.92. The van der Waals surface area contributed by atoms with E-state index in [0.717, 1.165) is 50.5 Å². The summed E-state index contributed by atoms with van der Waals surface area (Å²) < 4.78 is 5.31. The van der Waals surface area contributed by atoms with Crippen molar-refractivity contribution < 1.29 is 9.53 Å². The highest BCUT2D eigenvalue weighted by Crippen LogP contribution is 2.34. The molecule has 0 fully saturated rings. The van der Waals surface area contributed by atoms with Crippen molar-refractivity contribution in [1.82, 2.24) is 0 Å². The molecule has 2 heteroatoms. The Morgan fingerprint density at radius 3 is 2.95 bits per heavy atom. The van der Waals surface area contributed by atoms with Crippen LogP contribution in [-0.2, 0) is 9.53 Å². The van der Waals surface area contributed by atoms with Crippen LogP contribution in [0.5, 0.6) is 0 Å². The summed E-state index contributed by atoms with van der Waals surface area (Å²) in [5.41, 5.74) is 5.13. The summed E-state index contributed by atoms with van der Waals surface area (Å²) in [5.74, 6) is 0.346. The van der Waals surface area contributed by atoms with Crippen molar-refractivity contribution in [3.05, 3.63) is 34.4 Å². The van der Waals surface area contributed by atoms with Crippen LogP contribution in [-0.4, -0.2) is 12.6 Å². The van der Waals surface area contributed by atoms with Crippen molar-refractivity contribution >= 4 is 5.97 Å². The molecule has 1 heterocycles. The van der Waals surface area contributed by atoms with Crippen LogP contribution >= 0.6 is 0 Å². The number of hydrogen-bond donors (Lipinski definition) is 0. The lowest BCUT2D eigenvalue weighted by atomic mass is 9.86. The van der Waals surface area contributed by atoms with Crippen molar-refractivity contribution in [2.75, 3.05) is 6.61 Å². The number of carbonyl (C=O) groups is 1. The minimum absolute atomic E-state index is 0.0447. The first kappa shape index (κ1) is 16.1. The van der Waals surface area contributed by atoms with Gasteiger partial charge < -0.3 is 4.74 Å². The Kier molecular flexibility index (Phi) is 5.84. The van der Waals surface area contributed by atoms with Gasteiger partial charge in [0, 0.05) is 5.57 Å². The zero-order chi connectivity index (χ0) is 15.2. The molecule has 0 radical (unpaired) electrons. The second-order valence-electron chi connectivity index (χ2n) is 6.63. The second kappa shape index (κ2) is 7.63. The third-order valence-electron chi connectivity index (χ3n) is 4.52. The molecule has 0 aromatic carbocycles. The molecule has 0 saturated heterocycles. The molecule has 1 aliphatic heterocycles. The van der Waals surface area contributed by atoms with Crippen LogP contribution in [0.15, 0.2) is 34.4 Å². The number of allylic oxidation sites excluding steroid dienone is 4. The summed E-state index contributed by atoms with van der Waals surface area (Å²) in [7, 11) is 0. The molecular formula is C19H28O2. The topological polar surface area (TPSA) is 26.3 Å². The van der Waals surface area contributed by atoms with Gasteiger partial charge >= 0.3 is 5.97 Å². The van der Waals surface area contributed by atoms with E-state index in [2.05, 4.69) is 32.9 Å². The Morgan fingerprint density at radius 1 is 1.38 bits per heavy atom. The molecule has 0 amide bonds. The monoisotopic (exact) mass is 288 g/mol. The van der Waals surface area contributed by atoms with Crippen molar-refractivity contribution in [1.29, 1.82) is 0 Å². The summed E-state index contributed by atoms with van der Waals surface area (Å²) in [6, 6.07) is 0. The summed E-state index contributed by atoms with van der Waals surface area (Å²) in [6.45, 7) is 7.03. The Hall–Kier alpha value is -1.31. The molecule has 0 spiro atoms. The lowest BCUT2D eigenvalue weighted by Crippen LogP contribution is -2.12. The van der Waals surface area contributed by atoms with Crippen molar-refractivity contribution in [3.8, 4) is 0 Å². The predicted molar refractivity (Wildman–Crippen MR) is 87.0 cm³/mol. The second-order valence-corrected chi connectivity index (χ2v) is 6.63. The third kappa shape index (κ3) is 4.59. The van der Waals surface area contributed by atoms with Crippen LogP contribution in [0, 0.1) is 5.92 Å². The Balaban J connectivity index is 2.07. The first-order valence-corrected chi connectivity index (χ1v) is 8.26. The van der Waals surface area contributed by atoms with Gasteiger partial charge in [0.2, 0.25) is 0 Å². The average Bonchev–Trinajstić information content (AvgIpc) is 2.81. The standard InChI is InChI=1S/C19H28O2/c1-14(2)7-4-5-9-16-12-11-15(3)8-6-10-17-13-21-19(20)18(16)17/h7-8,16H,4-6,9-13H2,1-3H3/b15-8+/t16-/m0/s1. The number of hydrogen-bond acceptors (Lipinski definition) is 2. The Labute approximate surface area is 129 Å². The normalized spacial score (nSPS) is 25.2. The van der Waals surface area contributed by atoms with Crippen molar-refractivity contribution in [2.24, 2.45) is 5.92 Å². The van der Waals surface area contributed by atoms with Crippen LogP contribution in [0.25, 0.3) is 0 Å². The van der Waals surface area contributed by atoms with Gasteiger partial charge in [-0.3, -0.25) is 0 Å². The number of cyclic esters (lactones) is 1. The SMILES string of the molecule is CC(C)=CCCC[C@H]1CC/C(C)=C/CCC2=C1C(=O)OC2.